The van der Waals surface area contributed by atoms with Gasteiger partial charge in [0.1, 0.15) is 19.3 Å². The standard InChI is InChI=1S/C86H164O17P2/c1-7-10-12-14-16-18-20-22-27-33-40-46-52-58-64-70-85(90)102-81(74-96-83(88)68-62-56-50-44-38-21-19-17-15-13-11-8-2)76-100-104(92,93)98-72-80(87)73-99-105(94,95)101-77-82(75-97-84(89)69-63-57-51-45-39-35-30-31-36-42-48-54-60-66-78(4)5)103-86(91)71-65-59-53-47-41-34-29-26-24-23-25-28-32-37-43-49-55-61-67-79(6)9-3/h18,20,22,27,78-82,87H,7-17,19,21,23-26,28-77H2,1-6H3,(H,92,93)(H,94,95)/b20-18-,27-22-/t79?,80-,81+,82+/m0/s1. The summed E-state index contributed by atoms with van der Waals surface area (Å²) in [5.41, 5.74) is 0. The zero-order chi connectivity index (χ0) is 77.1. The Morgan fingerprint density at radius 1 is 0.314 bits per heavy atom. The number of esters is 4. The summed E-state index contributed by atoms with van der Waals surface area (Å²) in [4.78, 5) is 73.2. The molecule has 105 heavy (non-hydrogen) atoms. The van der Waals surface area contributed by atoms with Crippen LogP contribution in [0.15, 0.2) is 24.3 Å². The lowest BCUT2D eigenvalue weighted by Gasteiger charge is -2.21. The fourth-order valence-corrected chi connectivity index (χ4v) is 14.4. The van der Waals surface area contributed by atoms with Gasteiger partial charge in [0.2, 0.25) is 0 Å². The number of allylic oxidation sites excluding steroid dienone is 4. The normalized spacial score (nSPS) is 14.2. The third kappa shape index (κ3) is 78.0. The molecule has 620 valence electrons. The van der Waals surface area contributed by atoms with Crippen LogP contribution in [0.1, 0.15) is 433 Å². The number of phosphoric ester groups is 2. The minimum absolute atomic E-state index is 0.0856. The number of rotatable bonds is 83. The maximum atomic E-state index is 13.1. The number of ether oxygens (including phenoxy) is 4. The monoisotopic (exact) mass is 1530 g/mol. The Bertz CT molecular complexity index is 2110. The molecule has 0 aromatic heterocycles. The van der Waals surface area contributed by atoms with E-state index in [1.54, 1.807) is 0 Å². The molecular weight excluding hydrogens is 1370 g/mol. The molecule has 0 radical (unpaired) electrons. The van der Waals surface area contributed by atoms with E-state index in [1.807, 2.05) is 0 Å². The van der Waals surface area contributed by atoms with E-state index >= 15 is 0 Å². The van der Waals surface area contributed by atoms with Gasteiger partial charge < -0.3 is 33.8 Å². The molecule has 0 aliphatic heterocycles. The van der Waals surface area contributed by atoms with Crippen molar-refractivity contribution >= 4 is 39.5 Å². The third-order valence-electron chi connectivity index (χ3n) is 19.9. The fourth-order valence-electron chi connectivity index (χ4n) is 12.8. The summed E-state index contributed by atoms with van der Waals surface area (Å²) >= 11 is 0. The first-order valence-electron chi connectivity index (χ1n) is 43.8. The van der Waals surface area contributed by atoms with Crippen molar-refractivity contribution in [2.75, 3.05) is 39.6 Å². The van der Waals surface area contributed by atoms with Crippen LogP contribution in [-0.4, -0.2) is 96.7 Å². The lowest BCUT2D eigenvalue weighted by atomic mass is 9.99. The second kappa shape index (κ2) is 76.9. The summed E-state index contributed by atoms with van der Waals surface area (Å²) in [5.74, 6) is -0.472. The van der Waals surface area contributed by atoms with Crippen LogP contribution in [0.3, 0.4) is 0 Å². The minimum Gasteiger partial charge on any atom is -0.462 e. The van der Waals surface area contributed by atoms with E-state index in [2.05, 4.69) is 65.8 Å². The highest BCUT2D eigenvalue weighted by molar-refractivity contribution is 7.47. The zero-order valence-electron chi connectivity index (χ0n) is 68.5. The number of aliphatic hydroxyl groups is 1. The lowest BCUT2D eigenvalue weighted by molar-refractivity contribution is -0.161. The SMILES string of the molecule is CCCCCC/C=C\C=C/CCCCCCCC(=O)O[C@H](COC(=O)CCCCCCCCCCCCCC)COP(=O)(O)OC[C@H](O)COP(=O)(O)OC[C@@H](COC(=O)CCCCCCCCCCCCCCCC(C)C)OC(=O)CCCCCCCCCCCCCCCCCCCCC(C)CC. The van der Waals surface area contributed by atoms with E-state index in [0.717, 1.165) is 115 Å². The van der Waals surface area contributed by atoms with Crippen LogP contribution in [0.2, 0.25) is 0 Å². The average molecular weight is 1530 g/mol. The molecule has 0 aromatic carbocycles. The molecule has 0 fully saturated rings. The van der Waals surface area contributed by atoms with Gasteiger partial charge in [-0.3, -0.25) is 37.3 Å². The zero-order valence-corrected chi connectivity index (χ0v) is 70.3. The predicted molar refractivity (Wildman–Crippen MR) is 432 cm³/mol. The highest BCUT2D eigenvalue weighted by Crippen LogP contribution is 2.45. The van der Waals surface area contributed by atoms with Crippen molar-refractivity contribution in [2.45, 2.75) is 452 Å². The van der Waals surface area contributed by atoms with Crippen molar-refractivity contribution in [3.05, 3.63) is 24.3 Å². The van der Waals surface area contributed by atoms with Gasteiger partial charge in [0.05, 0.1) is 26.4 Å². The Balaban J connectivity index is 5.27. The maximum Gasteiger partial charge on any atom is 0.472 e. The molecule has 0 spiro atoms. The molecule has 19 heteroatoms. The van der Waals surface area contributed by atoms with Gasteiger partial charge >= 0.3 is 39.5 Å². The molecule has 0 amide bonds. The van der Waals surface area contributed by atoms with Crippen LogP contribution in [-0.2, 0) is 65.4 Å². The number of unbranched alkanes of at least 4 members (excludes halogenated alkanes) is 49. The highest BCUT2D eigenvalue weighted by Gasteiger charge is 2.30. The van der Waals surface area contributed by atoms with Crippen molar-refractivity contribution < 1.29 is 80.2 Å². The van der Waals surface area contributed by atoms with Gasteiger partial charge in [0, 0.05) is 25.7 Å². The molecule has 6 atom stereocenters. The van der Waals surface area contributed by atoms with Crippen LogP contribution in [0.5, 0.6) is 0 Å². The average Bonchev–Trinajstić information content (AvgIpc) is 0.903. The molecule has 0 saturated heterocycles. The third-order valence-corrected chi connectivity index (χ3v) is 21.8. The molecule has 0 aromatic rings. The molecule has 0 aliphatic rings. The number of phosphoric acid groups is 2. The van der Waals surface area contributed by atoms with Crippen molar-refractivity contribution in [1.29, 1.82) is 0 Å². The van der Waals surface area contributed by atoms with Crippen LogP contribution in [0.4, 0.5) is 0 Å². The predicted octanol–water partition coefficient (Wildman–Crippen LogP) is 25.8. The highest BCUT2D eigenvalue weighted by atomic mass is 31.2. The van der Waals surface area contributed by atoms with E-state index in [9.17, 15) is 43.2 Å². The molecule has 17 nitrogen and oxygen atoms in total. The van der Waals surface area contributed by atoms with Gasteiger partial charge in [0.15, 0.2) is 12.2 Å². The van der Waals surface area contributed by atoms with Crippen LogP contribution >= 0.6 is 15.6 Å². The van der Waals surface area contributed by atoms with Gasteiger partial charge in [-0.2, -0.15) is 0 Å². The second-order valence-corrected chi connectivity index (χ2v) is 33.9. The van der Waals surface area contributed by atoms with E-state index in [0.29, 0.717) is 25.7 Å². The van der Waals surface area contributed by atoms with Crippen molar-refractivity contribution in [3.63, 3.8) is 0 Å². The first-order chi connectivity index (χ1) is 50.9. The molecule has 0 aliphatic carbocycles. The summed E-state index contributed by atoms with van der Waals surface area (Å²) < 4.78 is 68.8. The summed E-state index contributed by atoms with van der Waals surface area (Å²) in [5, 5.41) is 10.7. The summed E-state index contributed by atoms with van der Waals surface area (Å²) in [6.07, 6.45) is 71.5. The maximum absolute atomic E-state index is 13.1. The molecule has 0 rings (SSSR count). The molecular formula is C86H164O17P2. The number of aliphatic hydroxyl groups excluding tert-OH is 1. The van der Waals surface area contributed by atoms with Gasteiger partial charge in [-0.15, -0.1) is 0 Å². The summed E-state index contributed by atoms with van der Waals surface area (Å²) in [6.45, 7) is 9.69. The second-order valence-electron chi connectivity index (χ2n) is 31.0. The van der Waals surface area contributed by atoms with Crippen molar-refractivity contribution in [2.24, 2.45) is 11.8 Å². The van der Waals surface area contributed by atoms with Gasteiger partial charge in [-0.1, -0.05) is 380 Å². The lowest BCUT2D eigenvalue weighted by Crippen LogP contribution is -2.30. The molecule has 0 saturated carbocycles. The number of hydrogen-bond donors (Lipinski definition) is 3. The summed E-state index contributed by atoms with van der Waals surface area (Å²) in [6, 6.07) is 0. The quantitative estimate of drug-likeness (QED) is 0.0169. The Hall–Kier alpha value is -2.46. The van der Waals surface area contributed by atoms with Gasteiger partial charge in [0.25, 0.3) is 0 Å². The van der Waals surface area contributed by atoms with Crippen molar-refractivity contribution in [3.8, 4) is 0 Å². The van der Waals surface area contributed by atoms with E-state index < -0.39 is 97.5 Å². The minimum atomic E-state index is -4.97. The number of carbonyl (C=O) groups is 4. The molecule has 0 bridgehead atoms. The Kier molecular flexibility index (Phi) is 75.1. The number of hydrogen-bond acceptors (Lipinski definition) is 15. The Morgan fingerprint density at radius 2 is 0.562 bits per heavy atom. The van der Waals surface area contributed by atoms with Crippen LogP contribution in [0.25, 0.3) is 0 Å². The Labute approximate surface area is 643 Å². The van der Waals surface area contributed by atoms with Gasteiger partial charge in [-0.05, 0) is 63.2 Å². The molecule has 3 unspecified atom stereocenters. The summed E-state index contributed by atoms with van der Waals surface area (Å²) in [7, 11) is -9.94. The van der Waals surface area contributed by atoms with E-state index in [4.69, 9.17) is 37.0 Å². The van der Waals surface area contributed by atoms with Crippen LogP contribution in [0, 0.1) is 11.8 Å². The first-order valence-corrected chi connectivity index (χ1v) is 46.8. The van der Waals surface area contributed by atoms with E-state index in [-0.39, 0.29) is 25.7 Å². The van der Waals surface area contributed by atoms with Crippen molar-refractivity contribution in [1.82, 2.24) is 0 Å². The van der Waals surface area contributed by atoms with Gasteiger partial charge in [-0.25, -0.2) is 9.13 Å². The first kappa shape index (κ1) is 103. The van der Waals surface area contributed by atoms with E-state index in [1.165, 1.54) is 238 Å². The largest absolute Gasteiger partial charge is 0.472 e. The smallest absolute Gasteiger partial charge is 0.462 e. The topological polar surface area (TPSA) is 237 Å². The molecule has 0 heterocycles. The fraction of sp³-hybridized carbons (Fsp3) is 0.907. The Morgan fingerprint density at radius 3 is 0.857 bits per heavy atom. The number of carbonyl (C=O) groups excluding carboxylic acids is 4. The van der Waals surface area contributed by atoms with Crippen LogP contribution < -0.4 is 0 Å². The molecule has 3 N–H and O–H groups in total.